The van der Waals surface area contributed by atoms with E-state index in [4.69, 9.17) is 14.2 Å². The zero-order valence-electron chi connectivity index (χ0n) is 24.2. The number of rotatable bonds is 5. The average Bonchev–Trinajstić information content (AvgIpc) is 2.81. The summed E-state index contributed by atoms with van der Waals surface area (Å²) < 4.78 is 57.7. The molecule has 2 aliphatic heterocycles. The van der Waals surface area contributed by atoms with Crippen molar-refractivity contribution in [2.75, 3.05) is 38.3 Å². The van der Waals surface area contributed by atoms with Gasteiger partial charge >= 0.3 is 18.2 Å². The minimum absolute atomic E-state index is 0.0651. The van der Waals surface area contributed by atoms with E-state index in [9.17, 15) is 22.8 Å². The van der Waals surface area contributed by atoms with Crippen molar-refractivity contribution in [3.05, 3.63) is 29.3 Å². The van der Waals surface area contributed by atoms with Gasteiger partial charge in [-0.15, -0.1) is 0 Å². The number of hydrogen-bond acceptors (Lipinski definition) is 6. The molecule has 2 atom stereocenters. The summed E-state index contributed by atoms with van der Waals surface area (Å²) in [6, 6.07) is 3.68. The van der Waals surface area contributed by atoms with Gasteiger partial charge in [0.25, 0.3) is 0 Å². The minimum Gasteiger partial charge on any atom is -0.460 e. The first kappa shape index (κ1) is 31.0. The molecule has 0 radical (unpaired) electrons. The summed E-state index contributed by atoms with van der Waals surface area (Å²) in [5.74, 6) is -0.606. The van der Waals surface area contributed by atoms with E-state index in [0.717, 1.165) is 11.6 Å². The summed E-state index contributed by atoms with van der Waals surface area (Å²) in [6.07, 6.45) is -2.74. The predicted molar refractivity (Wildman–Crippen MR) is 143 cm³/mol. The summed E-state index contributed by atoms with van der Waals surface area (Å²) in [5, 5.41) is 0. The van der Waals surface area contributed by atoms with Gasteiger partial charge in [-0.25, -0.2) is 4.79 Å². The molecule has 39 heavy (non-hydrogen) atoms. The first-order chi connectivity index (χ1) is 18.0. The van der Waals surface area contributed by atoms with Gasteiger partial charge in [0.1, 0.15) is 11.2 Å². The molecule has 0 aliphatic carbocycles. The Morgan fingerprint density at radius 1 is 0.923 bits per heavy atom. The van der Waals surface area contributed by atoms with Crippen molar-refractivity contribution in [1.82, 2.24) is 4.90 Å². The van der Waals surface area contributed by atoms with E-state index in [1.165, 1.54) is 6.07 Å². The van der Waals surface area contributed by atoms with Crippen LogP contribution in [0.2, 0.25) is 0 Å². The van der Waals surface area contributed by atoms with Crippen molar-refractivity contribution in [3.8, 4) is 0 Å². The number of likely N-dealkylation sites (tertiary alicyclic amines) is 1. The highest BCUT2D eigenvalue weighted by molar-refractivity contribution is 5.73. The smallest absolute Gasteiger partial charge is 0.416 e. The van der Waals surface area contributed by atoms with E-state index in [-0.39, 0.29) is 23.8 Å². The second kappa shape index (κ2) is 11.9. The summed E-state index contributed by atoms with van der Waals surface area (Å²) >= 11 is 0. The number of piperidine rings is 2. The van der Waals surface area contributed by atoms with Gasteiger partial charge in [-0.2, -0.15) is 13.2 Å². The number of halogens is 3. The molecule has 2 aliphatic rings. The summed E-state index contributed by atoms with van der Waals surface area (Å²) in [4.78, 5) is 29.1. The van der Waals surface area contributed by atoms with Crippen LogP contribution in [-0.2, 0) is 25.2 Å². The van der Waals surface area contributed by atoms with Crippen LogP contribution in [0.25, 0.3) is 0 Å². The number of carbonyl (C=O) groups excluding carboxylic acids is 2. The molecular formula is C29H43F3N2O5. The third kappa shape index (κ3) is 8.50. The highest BCUT2D eigenvalue weighted by Crippen LogP contribution is 2.42. The average molecular weight is 557 g/mol. The SMILES string of the molecule is COC[C@@H]1C[C@@H](c2ccc(C(F)(F)F)cc2N2CCC(C(=O)OC(C)(C)C)CC2)CCN1C(=O)OC(C)(C)C. The molecular weight excluding hydrogens is 513 g/mol. The molecule has 1 aromatic carbocycles. The molecule has 0 spiro atoms. The number of carbonyl (C=O) groups is 2. The molecule has 7 nitrogen and oxygen atoms in total. The molecule has 0 bridgehead atoms. The van der Waals surface area contributed by atoms with E-state index < -0.39 is 29.0 Å². The van der Waals surface area contributed by atoms with Crippen LogP contribution in [0, 0.1) is 5.92 Å². The summed E-state index contributed by atoms with van der Waals surface area (Å²) in [5.41, 5.74) is -0.564. The Labute approximate surface area is 229 Å². The lowest BCUT2D eigenvalue weighted by Gasteiger charge is -2.41. The molecule has 0 N–H and O–H groups in total. The molecule has 3 rings (SSSR count). The van der Waals surface area contributed by atoms with Gasteiger partial charge in [0.15, 0.2) is 0 Å². The zero-order valence-corrected chi connectivity index (χ0v) is 24.2. The zero-order chi connectivity index (χ0) is 29.2. The number of methoxy groups -OCH3 is 1. The molecule has 1 amide bonds. The summed E-state index contributed by atoms with van der Waals surface area (Å²) in [7, 11) is 1.56. The molecule has 2 saturated heterocycles. The predicted octanol–water partition coefficient (Wildman–Crippen LogP) is 6.39. The number of nitrogens with zero attached hydrogens (tertiary/aromatic N) is 2. The number of hydrogen-bond donors (Lipinski definition) is 0. The van der Waals surface area contributed by atoms with E-state index in [1.54, 1.807) is 18.1 Å². The molecule has 2 heterocycles. The van der Waals surface area contributed by atoms with Crippen molar-refractivity contribution >= 4 is 17.7 Å². The van der Waals surface area contributed by atoms with E-state index >= 15 is 0 Å². The maximum absolute atomic E-state index is 13.7. The van der Waals surface area contributed by atoms with Gasteiger partial charge < -0.3 is 24.0 Å². The third-order valence-electron chi connectivity index (χ3n) is 7.08. The van der Waals surface area contributed by atoms with Gasteiger partial charge in [-0.3, -0.25) is 4.79 Å². The lowest BCUT2D eigenvalue weighted by atomic mass is 9.83. The van der Waals surface area contributed by atoms with E-state index in [2.05, 4.69) is 0 Å². The third-order valence-corrected chi connectivity index (χ3v) is 7.08. The topological polar surface area (TPSA) is 68.3 Å². The van der Waals surface area contributed by atoms with Crippen molar-refractivity contribution < 1.29 is 37.0 Å². The second-order valence-electron chi connectivity index (χ2n) is 12.6. The molecule has 0 unspecified atom stereocenters. The maximum atomic E-state index is 13.7. The first-order valence-electron chi connectivity index (χ1n) is 13.7. The van der Waals surface area contributed by atoms with Crippen LogP contribution >= 0.6 is 0 Å². The minimum atomic E-state index is -4.47. The van der Waals surface area contributed by atoms with Gasteiger partial charge in [0, 0.05) is 32.4 Å². The number of ether oxygens (including phenoxy) is 3. The van der Waals surface area contributed by atoms with Crippen LogP contribution < -0.4 is 4.90 Å². The highest BCUT2D eigenvalue weighted by atomic mass is 19.4. The Hall–Kier alpha value is -2.49. The van der Waals surface area contributed by atoms with Crippen LogP contribution in [0.1, 0.15) is 84.3 Å². The Balaban J connectivity index is 1.84. The fraction of sp³-hybridized carbons (Fsp3) is 0.724. The standard InChI is InChI=1S/C29H43F3N2O5/c1-27(2,3)38-25(35)19-10-13-33(14-11-19)24-17-21(29(30,31)32)8-9-23(24)20-12-15-34(22(16-20)18-37-7)26(36)39-28(4,5)6/h8-9,17,19-20,22H,10-16,18H2,1-7H3/t20-,22-/m0/s1. The fourth-order valence-electron chi connectivity index (χ4n) is 5.33. The Morgan fingerprint density at radius 2 is 1.54 bits per heavy atom. The van der Waals surface area contributed by atoms with Crippen LogP contribution in [0.5, 0.6) is 0 Å². The molecule has 10 heteroatoms. The van der Waals surface area contributed by atoms with E-state index in [1.807, 2.05) is 46.4 Å². The number of benzene rings is 1. The van der Waals surface area contributed by atoms with Gasteiger partial charge in [0.05, 0.1) is 24.1 Å². The fourth-order valence-corrected chi connectivity index (χ4v) is 5.33. The van der Waals surface area contributed by atoms with E-state index in [0.29, 0.717) is 57.6 Å². The number of anilines is 1. The van der Waals surface area contributed by atoms with Crippen molar-refractivity contribution in [2.24, 2.45) is 5.92 Å². The quantitative estimate of drug-likeness (QED) is 0.392. The maximum Gasteiger partial charge on any atom is 0.416 e. The molecule has 1 aromatic rings. The van der Waals surface area contributed by atoms with Crippen molar-refractivity contribution in [1.29, 1.82) is 0 Å². The molecule has 220 valence electrons. The lowest BCUT2D eigenvalue weighted by molar-refractivity contribution is -0.160. The van der Waals surface area contributed by atoms with Crippen LogP contribution in [0.3, 0.4) is 0 Å². The molecule has 0 aromatic heterocycles. The second-order valence-corrected chi connectivity index (χ2v) is 12.6. The van der Waals surface area contributed by atoms with Gasteiger partial charge in [0.2, 0.25) is 0 Å². The monoisotopic (exact) mass is 556 g/mol. The van der Waals surface area contributed by atoms with Gasteiger partial charge in [-0.1, -0.05) is 6.07 Å². The molecule has 2 fully saturated rings. The Bertz CT molecular complexity index is 1010. The molecule has 0 saturated carbocycles. The highest BCUT2D eigenvalue weighted by Gasteiger charge is 2.38. The Morgan fingerprint density at radius 3 is 2.08 bits per heavy atom. The summed E-state index contributed by atoms with van der Waals surface area (Å²) in [6.45, 7) is 12.5. The number of esters is 1. The largest absolute Gasteiger partial charge is 0.460 e. The van der Waals surface area contributed by atoms with Crippen LogP contribution in [-0.4, -0.2) is 67.6 Å². The normalized spacial score (nSPS) is 21.6. The van der Waals surface area contributed by atoms with Crippen LogP contribution in [0.4, 0.5) is 23.7 Å². The van der Waals surface area contributed by atoms with Crippen LogP contribution in [0.15, 0.2) is 18.2 Å². The van der Waals surface area contributed by atoms with Gasteiger partial charge in [-0.05, 0) is 90.8 Å². The lowest BCUT2D eigenvalue weighted by Crippen LogP contribution is -2.49. The number of alkyl halides is 3. The van der Waals surface area contributed by atoms with Crippen molar-refractivity contribution in [3.63, 3.8) is 0 Å². The van der Waals surface area contributed by atoms with Crippen molar-refractivity contribution in [2.45, 2.75) is 96.6 Å². The number of amides is 1. The Kier molecular flexibility index (Phi) is 9.51. The first-order valence-corrected chi connectivity index (χ1v) is 13.7.